The summed E-state index contributed by atoms with van der Waals surface area (Å²) >= 11 is 5.18. The lowest BCUT2D eigenvalue weighted by Gasteiger charge is -2.33. The second kappa shape index (κ2) is 8.70. The molecule has 0 spiro atoms. The van der Waals surface area contributed by atoms with E-state index in [1.54, 1.807) is 0 Å². The van der Waals surface area contributed by atoms with Crippen molar-refractivity contribution in [2.45, 2.75) is 52.0 Å². The molecule has 0 aromatic carbocycles. The Bertz CT molecular complexity index is 221. The van der Waals surface area contributed by atoms with E-state index < -0.39 is 0 Å². The monoisotopic (exact) mass is 257 g/mol. The topological polar surface area (TPSA) is 27.3 Å². The number of piperidine rings is 1. The molecule has 1 atom stereocenters. The van der Waals surface area contributed by atoms with E-state index in [1.165, 1.54) is 38.8 Å². The van der Waals surface area contributed by atoms with Crippen molar-refractivity contribution >= 4 is 17.3 Å². The summed E-state index contributed by atoms with van der Waals surface area (Å²) in [7, 11) is 0. The van der Waals surface area contributed by atoms with Crippen molar-refractivity contribution in [3.05, 3.63) is 0 Å². The van der Waals surface area contributed by atoms with Gasteiger partial charge in [-0.15, -0.1) is 0 Å². The van der Waals surface area contributed by atoms with Crippen LogP contribution in [0.4, 0.5) is 0 Å². The van der Waals surface area contributed by atoms with Gasteiger partial charge in [-0.25, -0.2) is 0 Å². The minimum atomic E-state index is 0.772. The Kier molecular flexibility index (Phi) is 7.53. The maximum Gasteiger partial charge on any atom is 0.166 e. The molecule has 2 N–H and O–H groups in total. The van der Waals surface area contributed by atoms with E-state index in [2.05, 4.69) is 29.4 Å². The lowest BCUT2D eigenvalue weighted by molar-refractivity contribution is 0.159. The van der Waals surface area contributed by atoms with Gasteiger partial charge in [0.05, 0.1) is 0 Å². The molecule has 3 nitrogen and oxygen atoms in total. The van der Waals surface area contributed by atoms with E-state index in [9.17, 15) is 0 Å². The van der Waals surface area contributed by atoms with Gasteiger partial charge in [-0.3, -0.25) is 0 Å². The highest BCUT2D eigenvalue weighted by Gasteiger charge is 2.16. The molecule has 1 saturated heterocycles. The van der Waals surface area contributed by atoms with Crippen molar-refractivity contribution in [1.29, 1.82) is 0 Å². The molecule has 0 amide bonds. The molecule has 1 rings (SSSR count). The number of thiocarbonyl (C=S) groups is 1. The second-order valence-electron chi connectivity index (χ2n) is 4.92. The molecule has 0 radical (unpaired) electrons. The molecule has 0 saturated carbocycles. The third kappa shape index (κ3) is 6.22. The fourth-order valence-electron chi connectivity index (χ4n) is 2.27. The number of likely N-dealkylation sites (tertiary alicyclic amines) is 1. The molecule has 1 aliphatic heterocycles. The lowest BCUT2D eigenvalue weighted by Crippen LogP contribution is -2.40. The normalized spacial score (nSPS) is 21.2. The summed E-state index contributed by atoms with van der Waals surface area (Å²) in [5.74, 6) is 0. The minimum absolute atomic E-state index is 0.772. The largest absolute Gasteiger partial charge is 0.363 e. The molecule has 0 bridgehead atoms. The van der Waals surface area contributed by atoms with E-state index in [0.717, 1.165) is 30.7 Å². The fraction of sp³-hybridized carbons (Fsp3) is 0.923. The van der Waals surface area contributed by atoms with Crippen LogP contribution in [0.2, 0.25) is 0 Å². The van der Waals surface area contributed by atoms with Crippen LogP contribution in [0.5, 0.6) is 0 Å². The first-order chi connectivity index (χ1) is 8.24. The molecule has 0 aliphatic carbocycles. The van der Waals surface area contributed by atoms with Crippen LogP contribution in [-0.2, 0) is 0 Å². The molecule has 100 valence electrons. The molecule has 0 aromatic heterocycles. The van der Waals surface area contributed by atoms with Crippen LogP contribution >= 0.6 is 12.2 Å². The molecule has 1 heterocycles. The van der Waals surface area contributed by atoms with Crippen LogP contribution in [0.15, 0.2) is 0 Å². The van der Waals surface area contributed by atoms with Crippen molar-refractivity contribution in [1.82, 2.24) is 15.5 Å². The van der Waals surface area contributed by atoms with Crippen molar-refractivity contribution in [3.63, 3.8) is 0 Å². The van der Waals surface area contributed by atoms with E-state index in [-0.39, 0.29) is 0 Å². The van der Waals surface area contributed by atoms with Crippen LogP contribution in [0.25, 0.3) is 0 Å². The van der Waals surface area contributed by atoms with Crippen molar-refractivity contribution < 1.29 is 0 Å². The summed E-state index contributed by atoms with van der Waals surface area (Å²) in [5.41, 5.74) is 0. The Morgan fingerprint density at radius 2 is 2.06 bits per heavy atom. The molecular weight excluding hydrogens is 230 g/mol. The van der Waals surface area contributed by atoms with Crippen LogP contribution in [0.3, 0.4) is 0 Å². The Labute approximate surface area is 111 Å². The van der Waals surface area contributed by atoms with Gasteiger partial charge in [-0.05, 0) is 51.4 Å². The van der Waals surface area contributed by atoms with Gasteiger partial charge in [0.25, 0.3) is 0 Å². The van der Waals surface area contributed by atoms with Gasteiger partial charge in [0.15, 0.2) is 5.11 Å². The highest BCUT2D eigenvalue weighted by Crippen LogP contribution is 2.15. The van der Waals surface area contributed by atoms with Gasteiger partial charge in [0.1, 0.15) is 0 Å². The third-order valence-electron chi connectivity index (χ3n) is 3.38. The Morgan fingerprint density at radius 3 is 2.76 bits per heavy atom. The SMILES string of the molecule is CCCNC(=S)NCCCN1CCCCC1C. The lowest BCUT2D eigenvalue weighted by atomic mass is 10.0. The van der Waals surface area contributed by atoms with Gasteiger partial charge in [-0.2, -0.15) is 0 Å². The summed E-state index contributed by atoms with van der Waals surface area (Å²) in [5, 5.41) is 7.26. The first-order valence-corrected chi connectivity index (χ1v) is 7.40. The average molecular weight is 257 g/mol. The summed E-state index contributed by atoms with van der Waals surface area (Å²) in [6.07, 6.45) is 6.43. The predicted molar refractivity (Wildman–Crippen MR) is 78.4 cm³/mol. The Balaban J connectivity index is 2.01. The Hall–Kier alpha value is -0.350. The maximum absolute atomic E-state index is 5.18. The summed E-state index contributed by atoms with van der Waals surface area (Å²) in [4.78, 5) is 2.60. The van der Waals surface area contributed by atoms with Crippen LogP contribution < -0.4 is 10.6 Å². The first-order valence-electron chi connectivity index (χ1n) is 6.99. The van der Waals surface area contributed by atoms with Crippen molar-refractivity contribution in [3.8, 4) is 0 Å². The zero-order valence-electron chi connectivity index (χ0n) is 11.3. The van der Waals surface area contributed by atoms with E-state index in [4.69, 9.17) is 12.2 Å². The van der Waals surface area contributed by atoms with Gasteiger partial charge in [-0.1, -0.05) is 13.3 Å². The van der Waals surface area contributed by atoms with Gasteiger partial charge in [0, 0.05) is 25.7 Å². The summed E-state index contributed by atoms with van der Waals surface area (Å²) in [6, 6.07) is 0.772. The maximum atomic E-state index is 5.18. The average Bonchev–Trinajstić information content (AvgIpc) is 2.34. The zero-order chi connectivity index (χ0) is 12.5. The zero-order valence-corrected chi connectivity index (χ0v) is 12.1. The smallest absolute Gasteiger partial charge is 0.166 e. The van der Waals surface area contributed by atoms with Crippen LogP contribution in [0.1, 0.15) is 46.0 Å². The minimum Gasteiger partial charge on any atom is -0.363 e. The number of nitrogens with zero attached hydrogens (tertiary/aromatic N) is 1. The predicted octanol–water partition coefficient (Wildman–Crippen LogP) is 2.12. The molecule has 17 heavy (non-hydrogen) atoms. The Morgan fingerprint density at radius 1 is 1.29 bits per heavy atom. The standard InChI is InChI=1S/C13H27N3S/c1-3-8-14-13(17)15-9-6-11-16-10-5-4-7-12(16)2/h12H,3-11H2,1-2H3,(H2,14,15,17). The van der Waals surface area contributed by atoms with E-state index in [0.29, 0.717) is 0 Å². The fourth-order valence-corrected chi connectivity index (χ4v) is 2.48. The third-order valence-corrected chi connectivity index (χ3v) is 3.67. The molecule has 0 aromatic rings. The van der Waals surface area contributed by atoms with Gasteiger partial charge >= 0.3 is 0 Å². The molecule has 1 unspecified atom stereocenters. The van der Waals surface area contributed by atoms with Crippen LogP contribution in [0, 0.1) is 0 Å². The number of nitrogens with one attached hydrogen (secondary N) is 2. The summed E-state index contributed by atoms with van der Waals surface area (Å²) in [6.45, 7) is 8.92. The number of hydrogen-bond donors (Lipinski definition) is 2. The first kappa shape index (κ1) is 14.7. The summed E-state index contributed by atoms with van der Waals surface area (Å²) < 4.78 is 0. The quantitative estimate of drug-likeness (QED) is 0.563. The highest BCUT2D eigenvalue weighted by atomic mass is 32.1. The van der Waals surface area contributed by atoms with Crippen molar-refractivity contribution in [2.24, 2.45) is 0 Å². The van der Waals surface area contributed by atoms with E-state index in [1.807, 2.05) is 0 Å². The number of hydrogen-bond acceptors (Lipinski definition) is 2. The molecule has 1 aliphatic rings. The van der Waals surface area contributed by atoms with Gasteiger partial charge < -0.3 is 15.5 Å². The second-order valence-corrected chi connectivity index (χ2v) is 5.33. The van der Waals surface area contributed by atoms with E-state index >= 15 is 0 Å². The van der Waals surface area contributed by atoms with Crippen LogP contribution in [-0.4, -0.2) is 42.2 Å². The highest BCUT2D eigenvalue weighted by molar-refractivity contribution is 7.80. The molecule has 1 fully saturated rings. The molecule has 4 heteroatoms. The van der Waals surface area contributed by atoms with Crippen molar-refractivity contribution in [2.75, 3.05) is 26.2 Å². The van der Waals surface area contributed by atoms with Gasteiger partial charge in [0.2, 0.25) is 0 Å². The molecular formula is C13H27N3S. The number of rotatable bonds is 6.